The first-order valence-corrected chi connectivity index (χ1v) is 10.6. The largest absolute Gasteiger partial charge is 0.349 e. The highest BCUT2D eigenvalue weighted by Crippen LogP contribution is 2.32. The molecule has 3 amide bonds. The van der Waals surface area contributed by atoms with E-state index in [0.29, 0.717) is 17.8 Å². The Morgan fingerprint density at radius 3 is 2.55 bits per heavy atom. The minimum absolute atomic E-state index is 0.0611. The van der Waals surface area contributed by atoms with Crippen LogP contribution in [-0.2, 0) is 9.59 Å². The molecule has 2 fully saturated rings. The molecule has 3 aromatic rings. The Bertz CT molecular complexity index is 1180. The van der Waals surface area contributed by atoms with Crippen molar-refractivity contribution in [3.8, 4) is 0 Å². The number of hydrogen-bond donors (Lipinski definition) is 2. The molecule has 1 aliphatic carbocycles. The summed E-state index contributed by atoms with van der Waals surface area (Å²) < 4.78 is 0. The van der Waals surface area contributed by atoms with Crippen molar-refractivity contribution in [3.05, 3.63) is 72.3 Å². The van der Waals surface area contributed by atoms with Crippen LogP contribution in [0.3, 0.4) is 0 Å². The molecule has 156 valence electrons. The van der Waals surface area contributed by atoms with E-state index in [1.165, 1.54) is 0 Å². The van der Waals surface area contributed by atoms with Gasteiger partial charge in [0.2, 0.25) is 11.8 Å². The second kappa shape index (κ2) is 7.87. The number of anilines is 2. The number of nitrogens with one attached hydrogen (secondary N) is 2. The monoisotopic (exact) mass is 413 g/mol. The number of hydrogen-bond acceptors (Lipinski definition) is 3. The maximum absolute atomic E-state index is 12.9. The lowest BCUT2D eigenvalue weighted by molar-refractivity contribution is -0.122. The Kier molecular flexibility index (Phi) is 4.90. The lowest BCUT2D eigenvalue weighted by atomic mass is 10.1. The van der Waals surface area contributed by atoms with Gasteiger partial charge in [-0.3, -0.25) is 14.4 Å². The van der Waals surface area contributed by atoms with Crippen molar-refractivity contribution in [1.29, 1.82) is 0 Å². The number of carbonyl (C=O) groups excluding carboxylic acids is 3. The van der Waals surface area contributed by atoms with Crippen LogP contribution < -0.4 is 15.5 Å². The van der Waals surface area contributed by atoms with Crippen LogP contribution in [0.4, 0.5) is 11.4 Å². The van der Waals surface area contributed by atoms with E-state index in [2.05, 4.69) is 10.6 Å². The maximum atomic E-state index is 12.9. The third kappa shape index (κ3) is 4.01. The van der Waals surface area contributed by atoms with Crippen LogP contribution in [0, 0.1) is 5.92 Å². The smallest absolute Gasteiger partial charge is 0.251 e. The van der Waals surface area contributed by atoms with Crippen molar-refractivity contribution in [2.45, 2.75) is 25.3 Å². The van der Waals surface area contributed by atoms with Gasteiger partial charge in [-0.15, -0.1) is 0 Å². The molecule has 6 heteroatoms. The number of benzene rings is 3. The van der Waals surface area contributed by atoms with Crippen LogP contribution in [0.1, 0.15) is 29.6 Å². The number of rotatable bonds is 5. The summed E-state index contributed by atoms with van der Waals surface area (Å²) in [7, 11) is 0. The van der Waals surface area contributed by atoms with E-state index in [1.807, 2.05) is 42.5 Å². The van der Waals surface area contributed by atoms with Crippen molar-refractivity contribution in [2.75, 3.05) is 16.8 Å². The van der Waals surface area contributed by atoms with E-state index < -0.39 is 5.92 Å². The third-order valence-corrected chi connectivity index (χ3v) is 5.86. The van der Waals surface area contributed by atoms with Gasteiger partial charge in [-0.25, -0.2) is 0 Å². The van der Waals surface area contributed by atoms with E-state index in [9.17, 15) is 14.4 Å². The summed E-state index contributed by atoms with van der Waals surface area (Å²) in [6, 6.07) is 21.0. The summed E-state index contributed by atoms with van der Waals surface area (Å²) in [6.07, 6.45) is 2.20. The lowest BCUT2D eigenvalue weighted by Gasteiger charge is -2.19. The molecule has 0 aromatic heterocycles. The van der Waals surface area contributed by atoms with Crippen LogP contribution in [0.5, 0.6) is 0 Å². The molecule has 1 aliphatic heterocycles. The molecule has 0 unspecified atom stereocenters. The van der Waals surface area contributed by atoms with Gasteiger partial charge in [0.15, 0.2) is 0 Å². The minimum Gasteiger partial charge on any atom is -0.349 e. The van der Waals surface area contributed by atoms with Crippen molar-refractivity contribution in [1.82, 2.24) is 5.32 Å². The van der Waals surface area contributed by atoms with Crippen LogP contribution >= 0.6 is 0 Å². The molecule has 2 aliphatic rings. The van der Waals surface area contributed by atoms with Gasteiger partial charge in [0.25, 0.3) is 5.91 Å². The molecule has 1 heterocycles. The molecular weight excluding hydrogens is 390 g/mol. The molecule has 31 heavy (non-hydrogen) atoms. The molecule has 2 N–H and O–H groups in total. The van der Waals surface area contributed by atoms with Gasteiger partial charge in [-0.05, 0) is 42.5 Å². The van der Waals surface area contributed by atoms with Crippen LogP contribution in [0.15, 0.2) is 66.7 Å². The fourth-order valence-corrected chi connectivity index (χ4v) is 4.04. The zero-order valence-electron chi connectivity index (χ0n) is 17.0. The summed E-state index contributed by atoms with van der Waals surface area (Å²) in [5.41, 5.74) is 1.91. The van der Waals surface area contributed by atoms with Crippen LogP contribution in [0.2, 0.25) is 0 Å². The van der Waals surface area contributed by atoms with Gasteiger partial charge in [-0.1, -0.05) is 42.5 Å². The van der Waals surface area contributed by atoms with Crippen LogP contribution in [-0.4, -0.2) is 30.3 Å². The average Bonchev–Trinajstić information content (AvgIpc) is 3.52. The predicted molar refractivity (Wildman–Crippen MR) is 120 cm³/mol. The highest BCUT2D eigenvalue weighted by molar-refractivity contribution is 6.08. The molecular formula is C25H23N3O3. The number of carbonyl (C=O) groups is 3. The topological polar surface area (TPSA) is 78.5 Å². The summed E-state index contributed by atoms with van der Waals surface area (Å²) >= 11 is 0. The van der Waals surface area contributed by atoms with Gasteiger partial charge in [0, 0.05) is 35.6 Å². The van der Waals surface area contributed by atoms with Crippen LogP contribution in [0.25, 0.3) is 10.8 Å². The Labute approximate surface area is 180 Å². The first-order chi connectivity index (χ1) is 15.1. The fourth-order valence-electron chi connectivity index (χ4n) is 4.04. The summed E-state index contributed by atoms with van der Waals surface area (Å²) in [6.45, 7) is 0.334. The molecule has 1 atom stereocenters. The quantitative estimate of drug-likeness (QED) is 0.669. The van der Waals surface area contributed by atoms with E-state index in [0.717, 1.165) is 29.3 Å². The first kappa shape index (κ1) is 19.3. The SMILES string of the molecule is O=C(NC1CC1)c1cccc(NC(=O)[C@@H]2CC(=O)N(c3cccc4ccccc34)C2)c1. The van der Waals surface area contributed by atoms with Gasteiger partial charge >= 0.3 is 0 Å². The van der Waals surface area contributed by atoms with Gasteiger partial charge < -0.3 is 15.5 Å². The molecule has 6 nitrogen and oxygen atoms in total. The highest BCUT2D eigenvalue weighted by Gasteiger charge is 2.35. The lowest BCUT2D eigenvalue weighted by Crippen LogP contribution is -2.28. The zero-order chi connectivity index (χ0) is 21.4. The molecule has 0 spiro atoms. The van der Waals surface area contributed by atoms with Crippen molar-refractivity contribution in [3.63, 3.8) is 0 Å². The van der Waals surface area contributed by atoms with Gasteiger partial charge in [-0.2, -0.15) is 0 Å². The van der Waals surface area contributed by atoms with Crippen molar-refractivity contribution in [2.24, 2.45) is 5.92 Å². The van der Waals surface area contributed by atoms with Crippen molar-refractivity contribution >= 4 is 39.9 Å². The van der Waals surface area contributed by atoms with E-state index >= 15 is 0 Å². The number of fused-ring (bicyclic) bond motifs is 1. The summed E-state index contributed by atoms with van der Waals surface area (Å²) in [5.74, 6) is -0.850. The first-order valence-electron chi connectivity index (χ1n) is 10.6. The molecule has 1 saturated heterocycles. The molecule has 1 saturated carbocycles. The summed E-state index contributed by atoms with van der Waals surface area (Å²) in [4.78, 5) is 39.6. The van der Waals surface area contributed by atoms with E-state index in [4.69, 9.17) is 0 Å². The average molecular weight is 413 g/mol. The fraction of sp³-hybridized carbons (Fsp3) is 0.240. The van der Waals surface area contributed by atoms with Crippen molar-refractivity contribution < 1.29 is 14.4 Å². The highest BCUT2D eigenvalue weighted by atomic mass is 16.2. The Morgan fingerprint density at radius 2 is 1.71 bits per heavy atom. The molecule has 0 radical (unpaired) electrons. The van der Waals surface area contributed by atoms with Gasteiger partial charge in [0.05, 0.1) is 11.6 Å². The number of nitrogens with zero attached hydrogens (tertiary/aromatic N) is 1. The Balaban J connectivity index is 1.30. The van der Waals surface area contributed by atoms with Gasteiger partial charge in [0.1, 0.15) is 0 Å². The van der Waals surface area contributed by atoms with E-state index in [-0.39, 0.29) is 30.2 Å². The number of amides is 3. The maximum Gasteiger partial charge on any atom is 0.251 e. The molecule has 0 bridgehead atoms. The minimum atomic E-state index is -0.449. The second-order valence-corrected chi connectivity index (χ2v) is 8.22. The summed E-state index contributed by atoms with van der Waals surface area (Å²) in [5, 5.41) is 7.88. The standard InChI is InChI=1S/C25H23N3O3/c29-23-14-18(15-28(23)22-10-4-6-16-5-1-2-9-21(16)22)25(31)27-20-8-3-7-17(13-20)24(30)26-19-11-12-19/h1-10,13,18-19H,11-12,14-15H2,(H,26,30)(H,27,31)/t18-/m1/s1. The predicted octanol–water partition coefficient (Wildman–Crippen LogP) is 3.72. The normalized spacial score (nSPS) is 18.3. The Hall–Kier alpha value is -3.67. The third-order valence-electron chi connectivity index (χ3n) is 5.86. The zero-order valence-corrected chi connectivity index (χ0v) is 17.0. The molecule has 5 rings (SSSR count). The Morgan fingerprint density at radius 1 is 0.935 bits per heavy atom. The van der Waals surface area contributed by atoms with E-state index in [1.54, 1.807) is 29.2 Å². The second-order valence-electron chi connectivity index (χ2n) is 8.22. The molecule has 3 aromatic carbocycles.